The summed E-state index contributed by atoms with van der Waals surface area (Å²) in [6.07, 6.45) is 3.21. The van der Waals surface area contributed by atoms with Crippen molar-refractivity contribution in [2.75, 3.05) is 17.8 Å². The van der Waals surface area contributed by atoms with Gasteiger partial charge >= 0.3 is 0 Å². The number of carbonyl (C=O) groups excluding carboxylic acids is 1. The Bertz CT molecular complexity index is 1180. The van der Waals surface area contributed by atoms with Crippen LogP contribution in [0.2, 0.25) is 0 Å². The number of likely N-dealkylation sites (tertiary alicyclic amines) is 1. The molecule has 2 heterocycles. The first-order chi connectivity index (χ1) is 14.9. The zero-order chi connectivity index (χ0) is 22.0. The summed E-state index contributed by atoms with van der Waals surface area (Å²) in [6, 6.07) is 16.0. The number of hydrogen-bond acceptors (Lipinski definition) is 4. The highest BCUT2D eigenvalue weighted by molar-refractivity contribution is 7.92. The average molecular weight is 439 g/mol. The fourth-order valence-electron chi connectivity index (χ4n) is 4.00. The van der Waals surface area contributed by atoms with Crippen LogP contribution in [-0.4, -0.2) is 42.1 Å². The van der Waals surface area contributed by atoms with Crippen LogP contribution in [-0.2, 0) is 10.0 Å². The van der Waals surface area contributed by atoms with Crippen molar-refractivity contribution in [3.63, 3.8) is 0 Å². The van der Waals surface area contributed by atoms with Gasteiger partial charge < -0.3 is 4.90 Å². The van der Waals surface area contributed by atoms with Gasteiger partial charge in [0.1, 0.15) is 4.90 Å². The normalized spacial score (nSPS) is 14.5. The molecule has 1 aliphatic heterocycles. The van der Waals surface area contributed by atoms with Gasteiger partial charge in [-0.05, 0) is 69.5 Å². The fraction of sp³-hybridized carbons (Fsp3) is 0.304. The number of sulfonamides is 1. The summed E-state index contributed by atoms with van der Waals surface area (Å²) >= 11 is 0. The number of piperidine rings is 1. The fourth-order valence-corrected chi connectivity index (χ4v) is 5.46. The second kappa shape index (κ2) is 8.55. The zero-order valence-corrected chi connectivity index (χ0v) is 18.5. The summed E-state index contributed by atoms with van der Waals surface area (Å²) < 4.78 is 30.5. The van der Waals surface area contributed by atoms with Crippen molar-refractivity contribution in [1.29, 1.82) is 0 Å². The molecule has 3 aromatic rings. The van der Waals surface area contributed by atoms with Crippen LogP contribution in [0, 0.1) is 13.8 Å². The Labute approximate surface area is 182 Å². The summed E-state index contributed by atoms with van der Waals surface area (Å²) in [6.45, 7) is 4.97. The molecule has 31 heavy (non-hydrogen) atoms. The van der Waals surface area contributed by atoms with Crippen molar-refractivity contribution in [2.45, 2.75) is 38.0 Å². The predicted molar refractivity (Wildman–Crippen MR) is 120 cm³/mol. The summed E-state index contributed by atoms with van der Waals surface area (Å²) in [4.78, 5) is 14.6. The molecule has 1 N–H and O–H groups in total. The number of benzene rings is 2. The molecule has 162 valence electrons. The molecular formula is C23H26N4O3S. The molecule has 1 aromatic heterocycles. The average Bonchev–Trinajstić information content (AvgIpc) is 3.09. The number of carbonyl (C=O) groups is 1. The van der Waals surface area contributed by atoms with E-state index in [4.69, 9.17) is 0 Å². The van der Waals surface area contributed by atoms with E-state index in [0.717, 1.165) is 38.0 Å². The third kappa shape index (κ3) is 4.34. The summed E-state index contributed by atoms with van der Waals surface area (Å²) in [7, 11) is -3.84. The molecule has 8 heteroatoms. The third-order valence-corrected chi connectivity index (χ3v) is 7.15. The first-order valence-electron chi connectivity index (χ1n) is 10.4. The van der Waals surface area contributed by atoms with E-state index in [0.29, 0.717) is 22.6 Å². The van der Waals surface area contributed by atoms with Crippen molar-refractivity contribution in [3.8, 4) is 5.69 Å². The molecule has 1 fully saturated rings. The van der Waals surface area contributed by atoms with Crippen LogP contribution in [0.3, 0.4) is 0 Å². The van der Waals surface area contributed by atoms with Crippen LogP contribution < -0.4 is 4.72 Å². The number of anilines is 1. The molecule has 0 bridgehead atoms. The number of nitrogens with one attached hydrogen (secondary N) is 1. The van der Waals surface area contributed by atoms with Crippen LogP contribution in [0.1, 0.15) is 41.0 Å². The van der Waals surface area contributed by atoms with Gasteiger partial charge in [-0.3, -0.25) is 9.52 Å². The van der Waals surface area contributed by atoms with Crippen LogP contribution >= 0.6 is 0 Å². The van der Waals surface area contributed by atoms with Crippen molar-refractivity contribution < 1.29 is 13.2 Å². The van der Waals surface area contributed by atoms with Gasteiger partial charge in [-0.1, -0.05) is 18.2 Å². The van der Waals surface area contributed by atoms with Gasteiger partial charge in [-0.2, -0.15) is 5.10 Å². The van der Waals surface area contributed by atoms with Crippen LogP contribution in [0.4, 0.5) is 5.69 Å². The predicted octanol–water partition coefficient (Wildman–Crippen LogP) is 3.92. The van der Waals surface area contributed by atoms with E-state index in [1.54, 1.807) is 42.8 Å². The van der Waals surface area contributed by atoms with E-state index in [-0.39, 0.29) is 10.8 Å². The molecule has 1 aliphatic rings. The van der Waals surface area contributed by atoms with Crippen molar-refractivity contribution in [2.24, 2.45) is 0 Å². The van der Waals surface area contributed by atoms with Crippen molar-refractivity contribution in [1.82, 2.24) is 14.7 Å². The number of nitrogens with zero attached hydrogens (tertiary/aromatic N) is 3. The first kappa shape index (κ1) is 21.1. The summed E-state index contributed by atoms with van der Waals surface area (Å²) in [5.41, 5.74) is 2.72. The molecule has 1 saturated heterocycles. The van der Waals surface area contributed by atoms with E-state index in [1.807, 2.05) is 35.2 Å². The van der Waals surface area contributed by atoms with Gasteiger partial charge in [0.15, 0.2) is 0 Å². The maximum atomic E-state index is 13.1. The van der Waals surface area contributed by atoms with E-state index in [2.05, 4.69) is 9.82 Å². The number of aromatic nitrogens is 2. The first-order valence-corrected chi connectivity index (χ1v) is 11.9. The molecule has 1 amide bonds. The number of hydrogen-bond donors (Lipinski definition) is 1. The zero-order valence-electron chi connectivity index (χ0n) is 17.7. The second-order valence-electron chi connectivity index (χ2n) is 7.78. The van der Waals surface area contributed by atoms with Crippen LogP contribution in [0.25, 0.3) is 5.69 Å². The van der Waals surface area contributed by atoms with E-state index >= 15 is 0 Å². The number of aryl methyl sites for hydroxylation is 1. The maximum Gasteiger partial charge on any atom is 0.265 e. The van der Waals surface area contributed by atoms with Gasteiger partial charge in [0.25, 0.3) is 15.9 Å². The maximum absolute atomic E-state index is 13.1. The smallest absolute Gasteiger partial charge is 0.265 e. The Balaban J connectivity index is 1.55. The minimum atomic E-state index is -3.84. The number of para-hydroxylation sites is 1. The third-order valence-electron chi connectivity index (χ3n) is 5.52. The molecular weight excluding hydrogens is 412 g/mol. The summed E-state index contributed by atoms with van der Waals surface area (Å²) in [5.74, 6) is -0.00932. The Hall–Kier alpha value is -3.13. The van der Waals surface area contributed by atoms with Crippen LogP contribution in [0.5, 0.6) is 0 Å². The van der Waals surface area contributed by atoms with Gasteiger partial charge in [-0.15, -0.1) is 0 Å². The molecule has 0 radical (unpaired) electrons. The largest absolute Gasteiger partial charge is 0.339 e. The highest BCUT2D eigenvalue weighted by Gasteiger charge is 2.25. The van der Waals surface area contributed by atoms with Crippen molar-refractivity contribution in [3.05, 3.63) is 71.5 Å². The topological polar surface area (TPSA) is 84.3 Å². The number of amides is 1. The minimum Gasteiger partial charge on any atom is -0.339 e. The van der Waals surface area contributed by atoms with Gasteiger partial charge in [-0.25, -0.2) is 13.1 Å². The molecule has 4 rings (SSSR count). The Morgan fingerprint density at radius 2 is 1.58 bits per heavy atom. The lowest BCUT2D eigenvalue weighted by Crippen LogP contribution is -2.35. The molecule has 2 aromatic carbocycles. The second-order valence-corrected chi connectivity index (χ2v) is 9.40. The van der Waals surface area contributed by atoms with Gasteiger partial charge in [0.05, 0.1) is 17.1 Å². The highest BCUT2D eigenvalue weighted by Crippen LogP contribution is 2.25. The molecule has 0 unspecified atom stereocenters. The van der Waals surface area contributed by atoms with E-state index in [9.17, 15) is 13.2 Å². The number of rotatable bonds is 5. The Kier molecular flexibility index (Phi) is 5.82. The lowest BCUT2D eigenvalue weighted by Gasteiger charge is -2.26. The lowest BCUT2D eigenvalue weighted by atomic mass is 10.1. The SMILES string of the molecule is Cc1nn(-c2ccccc2)c(C)c1S(=O)(=O)Nc1ccc(C(=O)N2CCCCC2)cc1. The highest BCUT2D eigenvalue weighted by atomic mass is 32.2. The molecule has 0 atom stereocenters. The van der Waals surface area contributed by atoms with E-state index < -0.39 is 10.0 Å². The molecule has 0 saturated carbocycles. The molecule has 0 spiro atoms. The monoisotopic (exact) mass is 438 g/mol. The Morgan fingerprint density at radius 3 is 2.23 bits per heavy atom. The van der Waals surface area contributed by atoms with Crippen molar-refractivity contribution >= 4 is 21.6 Å². The van der Waals surface area contributed by atoms with Gasteiger partial charge in [0, 0.05) is 24.3 Å². The Morgan fingerprint density at radius 1 is 0.935 bits per heavy atom. The van der Waals surface area contributed by atoms with Crippen LogP contribution in [0.15, 0.2) is 59.5 Å². The molecule has 0 aliphatic carbocycles. The molecule has 7 nitrogen and oxygen atoms in total. The summed E-state index contributed by atoms with van der Waals surface area (Å²) in [5, 5.41) is 4.42. The quantitative estimate of drug-likeness (QED) is 0.654. The minimum absolute atomic E-state index is 0.00932. The van der Waals surface area contributed by atoms with Gasteiger partial charge in [0.2, 0.25) is 0 Å². The lowest BCUT2D eigenvalue weighted by molar-refractivity contribution is 0.0724. The van der Waals surface area contributed by atoms with E-state index in [1.165, 1.54) is 0 Å². The standard InChI is InChI=1S/C23H26N4O3S/c1-17-22(18(2)27(24-17)21-9-5-3-6-10-21)31(29,30)25-20-13-11-19(12-14-20)23(28)26-15-7-4-8-16-26/h3,5-6,9-14,25H,4,7-8,15-16H2,1-2H3.